The van der Waals surface area contributed by atoms with Gasteiger partial charge in [0.1, 0.15) is 13.2 Å². The zero-order valence-corrected chi connectivity index (χ0v) is 43.4. The van der Waals surface area contributed by atoms with E-state index < -0.39 is 6.10 Å². The molecule has 0 radical (unpaired) electrons. The first kappa shape index (κ1) is 63.1. The number of unbranched alkanes of at least 4 members (excludes halogenated alkanes) is 19. The van der Waals surface area contributed by atoms with Crippen molar-refractivity contribution >= 4 is 17.9 Å². The van der Waals surface area contributed by atoms with Gasteiger partial charge in [-0.1, -0.05) is 207 Å². The highest BCUT2D eigenvalue weighted by molar-refractivity contribution is 5.71. The van der Waals surface area contributed by atoms with Gasteiger partial charge in [0.2, 0.25) is 0 Å². The Balaban J connectivity index is 4.49. The molecule has 0 aromatic carbocycles. The number of carbonyl (C=O) groups excluding carboxylic acids is 3. The van der Waals surface area contributed by atoms with Crippen molar-refractivity contribution in [3.8, 4) is 0 Å². The predicted molar refractivity (Wildman–Crippen MR) is 288 cm³/mol. The Morgan fingerprint density at radius 1 is 0.313 bits per heavy atom. The Morgan fingerprint density at radius 3 is 0.910 bits per heavy atom. The fraction of sp³-hybridized carbons (Fsp3) is 0.656. The summed E-state index contributed by atoms with van der Waals surface area (Å²) in [6.07, 6.45) is 73.5. The summed E-state index contributed by atoms with van der Waals surface area (Å²) in [7, 11) is 0. The van der Waals surface area contributed by atoms with Crippen molar-refractivity contribution in [2.24, 2.45) is 0 Å². The monoisotopic (exact) mass is 929 g/mol. The highest BCUT2D eigenvalue weighted by Crippen LogP contribution is 2.13. The van der Waals surface area contributed by atoms with E-state index >= 15 is 0 Å². The number of hydrogen-bond acceptors (Lipinski definition) is 6. The van der Waals surface area contributed by atoms with Crippen molar-refractivity contribution in [2.45, 2.75) is 245 Å². The molecule has 0 fully saturated rings. The zero-order valence-electron chi connectivity index (χ0n) is 43.4. The summed E-state index contributed by atoms with van der Waals surface area (Å²) in [5, 5.41) is 0. The van der Waals surface area contributed by atoms with Gasteiger partial charge in [0, 0.05) is 19.3 Å². The second-order valence-electron chi connectivity index (χ2n) is 17.7. The zero-order chi connectivity index (χ0) is 48.6. The molecule has 1 atom stereocenters. The van der Waals surface area contributed by atoms with Gasteiger partial charge in [0.25, 0.3) is 0 Å². The number of esters is 3. The van der Waals surface area contributed by atoms with Crippen LogP contribution in [-0.2, 0) is 28.6 Å². The van der Waals surface area contributed by atoms with Crippen LogP contribution >= 0.6 is 0 Å². The fourth-order valence-electron chi connectivity index (χ4n) is 7.18. The SMILES string of the molecule is CC/C=C\C/C=C\C/C=C\C/C=C\CCCCCCC(=O)O[C@H](COC(=O)CCCCCCC/C=C\C/C=C\C/C=C\CC)COC(=O)CCCCCCCCC/C=C\C/C=C\CCCCC. The molecule has 380 valence electrons. The van der Waals surface area contributed by atoms with Crippen LogP contribution in [0.25, 0.3) is 0 Å². The molecule has 0 amide bonds. The highest BCUT2D eigenvalue weighted by Gasteiger charge is 2.19. The molecule has 0 aliphatic heterocycles. The second-order valence-corrected chi connectivity index (χ2v) is 17.7. The molecule has 0 aromatic heterocycles. The number of rotatable bonds is 48. The minimum Gasteiger partial charge on any atom is -0.462 e. The molecule has 0 aliphatic rings. The summed E-state index contributed by atoms with van der Waals surface area (Å²) in [6.45, 7) is 6.34. The molecular weight excluding hydrogens is 829 g/mol. The lowest BCUT2D eigenvalue weighted by molar-refractivity contribution is -0.167. The van der Waals surface area contributed by atoms with E-state index in [0.29, 0.717) is 19.3 Å². The standard InChI is InChI=1S/C61H100O6/c1-4-7-10-13-16-19-22-25-28-30-33-36-39-42-45-48-51-54-60(63)66-57-58(56-65-59(62)53-50-47-44-41-38-35-32-27-24-21-18-15-12-9-6-3)67-61(64)55-52-49-46-43-40-37-34-31-29-26-23-20-17-14-11-8-5-2/h8-9,11-12,16-21,25-29,32,34,37,58H,4-7,10,13-15,22-24,30-31,33,35-36,38-57H2,1-3H3/b11-8-,12-9-,19-16-,20-17-,21-18-,28-25-,29-26-,32-27-,37-34-/t58-/m1/s1. The lowest BCUT2D eigenvalue weighted by Crippen LogP contribution is -2.30. The summed E-state index contributed by atoms with van der Waals surface area (Å²) in [4.78, 5) is 38.1. The van der Waals surface area contributed by atoms with Crippen LogP contribution < -0.4 is 0 Å². The molecule has 0 aliphatic carbocycles. The topological polar surface area (TPSA) is 78.9 Å². The van der Waals surface area contributed by atoms with E-state index in [0.717, 1.165) is 148 Å². The van der Waals surface area contributed by atoms with E-state index in [9.17, 15) is 14.4 Å². The Hall–Kier alpha value is -3.93. The van der Waals surface area contributed by atoms with Gasteiger partial charge in [-0.15, -0.1) is 0 Å². The van der Waals surface area contributed by atoms with Crippen LogP contribution in [0.1, 0.15) is 239 Å². The summed E-state index contributed by atoms with van der Waals surface area (Å²) in [5.74, 6) is -0.950. The van der Waals surface area contributed by atoms with E-state index in [2.05, 4.69) is 130 Å². The minimum absolute atomic E-state index is 0.0998. The van der Waals surface area contributed by atoms with Gasteiger partial charge in [-0.2, -0.15) is 0 Å². The molecule has 0 spiro atoms. The molecule has 0 saturated carbocycles. The van der Waals surface area contributed by atoms with Crippen LogP contribution in [0.15, 0.2) is 109 Å². The maximum Gasteiger partial charge on any atom is 0.306 e. The Bertz CT molecular complexity index is 1390. The third kappa shape index (κ3) is 52.9. The van der Waals surface area contributed by atoms with Crippen LogP contribution in [0.4, 0.5) is 0 Å². The quantitative estimate of drug-likeness (QED) is 0.0262. The van der Waals surface area contributed by atoms with Crippen molar-refractivity contribution in [3.63, 3.8) is 0 Å². The first-order chi connectivity index (χ1) is 33.0. The van der Waals surface area contributed by atoms with Gasteiger partial charge in [-0.3, -0.25) is 14.4 Å². The highest BCUT2D eigenvalue weighted by atomic mass is 16.6. The summed E-state index contributed by atoms with van der Waals surface area (Å²) in [6, 6.07) is 0. The van der Waals surface area contributed by atoms with Crippen molar-refractivity contribution in [3.05, 3.63) is 109 Å². The summed E-state index contributed by atoms with van der Waals surface area (Å²) < 4.78 is 16.8. The Labute approximate surface area is 412 Å². The average Bonchev–Trinajstić information content (AvgIpc) is 3.33. The van der Waals surface area contributed by atoms with Crippen molar-refractivity contribution < 1.29 is 28.6 Å². The van der Waals surface area contributed by atoms with E-state index in [-0.39, 0.29) is 31.1 Å². The van der Waals surface area contributed by atoms with Gasteiger partial charge in [-0.05, 0) is 122 Å². The van der Waals surface area contributed by atoms with Crippen LogP contribution in [0.2, 0.25) is 0 Å². The van der Waals surface area contributed by atoms with E-state index in [1.165, 1.54) is 51.4 Å². The molecule has 0 rings (SSSR count). The normalized spacial score (nSPS) is 12.9. The van der Waals surface area contributed by atoms with Crippen LogP contribution in [-0.4, -0.2) is 37.2 Å². The molecule has 0 saturated heterocycles. The van der Waals surface area contributed by atoms with Gasteiger partial charge in [0.05, 0.1) is 0 Å². The van der Waals surface area contributed by atoms with Crippen LogP contribution in [0, 0.1) is 0 Å². The van der Waals surface area contributed by atoms with E-state index in [1.807, 2.05) is 0 Å². The van der Waals surface area contributed by atoms with Gasteiger partial charge in [-0.25, -0.2) is 0 Å². The molecule has 0 aromatic rings. The maximum atomic E-state index is 12.8. The largest absolute Gasteiger partial charge is 0.462 e. The van der Waals surface area contributed by atoms with Crippen molar-refractivity contribution in [2.75, 3.05) is 13.2 Å². The molecule has 6 heteroatoms. The molecule has 67 heavy (non-hydrogen) atoms. The first-order valence-electron chi connectivity index (χ1n) is 27.4. The third-order valence-corrected chi connectivity index (χ3v) is 11.2. The fourth-order valence-corrected chi connectivity index (χ4v) is 7.18. The van der Waals surface area contributed by atoms with Gasteiger partial charge >= 0.3 is 17.9 Å². The molecule has 6 nitrogen and oxygen atoms in total. The lowest BCUT2D eigenvalue weighted by atomic mass is 10.1. The molecule has 0 N–H and O–H groups in total. The van der Waals surface area contributed by atoms with Crippen LogP contribution in [0.3, 0.4) is 0 Å². The molecular formula is C61H100O6. The van der Waals surface area contributed by atoms with Crippen molar-refractivity contribution in [1.29, 1.82) is 0 Å². The van der Waals surface area contributed by atoms with Crippen molar-refractivity contribution in [1.82, 2.24) is 0 Å². The number of ether oxygens (including phenoxy) is 3. The number of hydrogen-bond donors (Lipinski definition) is 0. The third-order valence-electron chi connectivity index (χ3n) is 11.2. The Kier molecular flexibility index (Phi) is 51.5. The lowest BCUT2D eigenvalue weighted by Gasteiger charge is -2.18. The smallest absolute Gasteiger partial charge is 0.306 e. The Morgan fingerprint density at radius 2 is 0.582 bits per heavy atom. The van der Waals surface area contributed by atoms with Gasteiger partial charge in [0.15, 0.2) is 6.10 Å². The average molecular weight is 929 g/mol. The molecule has 0 heterocycles. The second kappa shape index (κ2) is 54.7. The molecule has 0 unspecified atom stereocenters. The summed E-state index contributed by atoms with van der Waals surface area (Å²) in [5.41, 5.74) is 0. The maximum absolute atomic E-state index is 12.8. The molecule has 0 bridgehead atoms. The number of allylic oxidation sites excluding steroid dienone is 18. The van der Waals surface area contributed by atoms with Crippen LogP contribution in [0.5, 0.6) is 0 Å². The summed E-state index contributed by atoms with van der Waals surface area (Å²) >= 11 is 0. The van der Waals surface area contributed by atoms with Gasteiger partial charge < -0.3 is 14.2 Å². The number of carbonyl (C=O) groups is 3. The predicted octanol–water partition coefficient (Wildman–Crippen LogP) is 18.3. The van der Waals surface area contributed by atoms with E-state index in [4.69, 9.17) is 14.2 Å². The minimum atomic E-state index is -0.804. The first-order valence-corrected chi connectivity index (χ1v) is 27.4. The van der Waals surface area contributed by atoms with E-state index in [1.54, 1.807) is 0 Å².